The molecule has 24 heavy (non-hydrogen) atoms. The first-order valence-corrected chi connectivity index (χ1v) is 7.72. The van der Waals surface area contributed by atoms with Crippen LogP contribution >= 0.6 is 0 Å². The highest BCUT2D eigenvalue weighted by Crippen LogP contribution is 2.19. The maximum atomic E-state index is 10.0. The van der Waals surface area contributed by atoms with Crippen molar-refractivity contribution in [2.75, 3.05) is 18.5 Å². The van der Waals surface area contributed by atoms with Gasteiger partial charge in [0, 0.05) is 6.61 Å². The second-order valence-corrected chi connectivity index (χ2v) is 5.77. The van der Waals surface area contributed by atoms with Gasteiger partial charge in [-0.3, -0.25) is 0 Å². The van der Waals surface area contributed by atoms with E-state index in [1.807, 2.05) is 18.2 Å². The van der Waals surface area contributed by atoms with Crippen LogP contribution in [0.1, 0.15) is 12.1 Å². The van der Waals surface area contributed by atoms with Crippen molar-refractivity contribution in [1.82, 2.24) is 9.97 Å². The van der Waals surface area contributed by atoms with Crippen molar-refractivity contribution in [3.8, 4) is 5.88 Å². The quantitative estimate of drug-likeness (QED) is 0.623. The predicted octanol–water partition coefficient (Wildman–Crippen LogP) is -0.201. The fourth-order valence-corrected chi connectivity index (χ4v) is 2.75. The smallest absolute Gasteiger partial charge is 0.238 e. The van der Waals surface area contributed by atoms with Gasteiger partial charge < -0.3 is 25.3 Å². The van der Waals surface area contributed by atoms with E-state index in [2.05, 4.69) is 25.3 Å². The monoisotopic (exact) mass is 327 g/mol. The summed E-state index contributed by atoms with van der Waals surface area (Å²) in [7, 11) is 0. The number of aliphatic hydroxyl groups excluding tert-OH is 1. The van der Waals surface area contributed by atoms with E-state index in [1.165, 1.54) is 6.34 Å². The van der Waals surface area contributed by atoms with Gasteiger partial charge in [-0.2, -0.15) is 4.98 Å². The number of nitrogens with one attached hydrogen (secondary N) is 2. The van der Waals surface area contributed by atoms with Gasteiger partial charge >= 0.3 is 0 Å². The van der Waals surface area contributed by atoms with Crippen LogP contribution in [-0.4, -0.2) is 51.9 Å². The molecular weight excluding hydrogens is 310 g/mol. The molecule has 8 nitrogen and oxygen atoms in total. The molecule has 2 aliphatic rings. The average molecular weight is 327 g/mol. The summed E-state index contributed by atoms with van der Waals surface area (Å²) in [6.07, 6.45) is 3.36. The van der Waals surface area contributed by atoms with E-state index in [0.29, 0.717) is 31.3 Å². The first-order valence-electron chi connectivity index (χ1n) is 7.72. The molecule has 0 bridgehead atoms. The Morgan fingerprint density at radius 3 is 3.17 bits per heavy atom. The second-order valence-electron chi connectivity index (χ2n) is 5.77. The van der Waals surface area contributed by atoms with Crippen LogP contribution in [0, 0.1) is 0 Å². The molecule has 3 heterocycles. The number of aromatic amines is 1. The fourth-order valence-electron chi connectivity index (χ4n) is 2.75. The number of fused-ring (bicyclic) bond motifs is 1. The van der Waals surface area contributed by atoms with E-state index < -0.39 is 6.10 Å². The molecule has 1 aromatic carbocycles. The van der Waals surface area contributed by atoms with E-state index in [4.69, 9.17) is 4.74 Å². The second kappa shape index (κ2) is 6.06. The molecule has 0 saturated carbocycles. The van der Waals surface area contributed by atoms with E-state index in [1.54, 1.807) is 6.08 Å². The number of aromatic hydroxyl groups is 1. The molecule has 0 radical (unpaired) electrons. The first-order chi connectivity index (χ1) is 11.7. The maximum Gasteiger partial charge on any atom is 0.238 e. The summed E-state index contributed by atoms with van der Waals surface area (Å²) in [5.74, 6) is 0.278. The number of imidazole rings is 1. The third-order valence-electron chi connectivity index (χ3n) is 4.06. The van der Waals surface area contributed by atoms with Gasteiger partial charge in [0.05, 0.1) is 29.8 Å². The highest BCUT2D eigenvalue weighted by Gasteiger charge is 2.24. The first kappa shape index (κ1) is 14.9. The van der Waals surface area contributed by atoms with E-state index >= 15 is 0 Å². The number of aromatic nitrogens is 2. The Morgan fingerprint density at radius 2 is 2.29 bits per heavy atom. The van der Waals surface area contributed by atoms with Crippen molar-refractivity contribution in [3.63, 3.8) is 0 Å². The molecule has 2 atom stereocenters. The van der Waals surface area contributed by atoms with Crippen LogP contribution < -0.4 is 15.9 Å². The Bertz CT molecular complexity index is 905. The van der Waals surface area contributed by atoms with E-state index in [9.17, 15) is 10.2 Å². The Kier molecular flexibility index (Phi) is 3.75. The maximum absolute atomic E-state index is 10.0. The summed E-state index contributed by atoms with van der Waals surface area (Å²) in [6.45, 7) is 0.947. The number of nitrogens with zero attached hydrogens (tertiary/aromatic N) is 3. The van der Waals surface area contributed by atoms with Crippen molar-refractivity contribution in [2.45, 2.75) is 18.6 Å². The van der Waals surface area contributed by atoms with Crippen LogP contribution in [0.15, 0.2) is 28.2 Å². The molecular formula is C16H17N5O3. The molecule has 0 unspecified atom stereocenters. The summed E-state index contributed by atoms with van der Waals surface area (Å²) in [5, 5.41) is 24.7. The third kappa shape index (κ3) is 2.89. The Labute approximate surface area is 137 Å². The minimum atomic E-state index is -0.503. The lowest BCUT2D eigenvalue weighted by atomic mass is 10.1. The highest BCUT2D eigenvalue weighted by atomic mass is 16.5. The number of anilines is 1. The van der Waals surface area contributed by atoms with Crippen LogP contribution in [0.5, 0.6) is 5.88 Å². The summed E-state index contributed by atoms with van der Waals surface area (Å²) < 4.78 is 5.34. The Hall–Kier alpha value is -2.71. The minimum Gasteiger partial charge on any atom is -0.492 e. The van der Waals surface area contributed by atoms with Crippen molar-refractivity contribution in [3.05, 3.63) is 34.5 Å². The predicted molar refractivity (Wildman–Crippen MR) is 88.0 cm³/mol. The number of hydrogen-bond donors (Lipinski definition) is 4. The normalized spacial score (nSPS) is 23.1. The zero-order chi connectivity index (χ0) is 16.5. The molecule has 1 fully saturated rings. The molecule has 124 valence electrons. The minimum absolute atomic E-state index is 0.114. The topological polar surface area (TPSA) is 115 Å². The van der Waals surface area contributed by atoms with Gasteiger partial charge in [0.1, 0.15) is 12.0 Å². The molecule has 4 N–H and O–H groups in total. The molecule has 4 rings (SSSR count). The standard InChI is InChI=1S/C16H17N5O3/c22-14-3-4-24-7-13(14)20-16-19-12(15(23)21-16)6-9-1-2-10-11(5-9)18-8-17-10/h1-2,5-6,8,13-14,22-23H,3-4,7H2,(H2,19,20,21)/b9-6+/t13-,14-/m1/s1. The van der Waals surface area contributed by atoms with Crippen LogP contribution in [0.3, 0.4) is 0 Å². The fraction of sp³-hybridized carbons (Fsp3) is 0.312. The number of H-pyrrole nitrogens is 1. The molecule has 0 aliphatic carbocycles. The molecule has 0 amide bonds. The number of hydrogen-bond acceptors (Lipinski definition) is 7. The largest absolute Gasteiger partial charge is 0.492 e. The number of aliphatic imine (C=N–C) groups is 1. The zero-order valence-corrected chi connectivity index (χ0v) is 12.8. The Balaban J connectivity index is 1.58. The highest BCUT2D eigenvalue weighted by molar-refractivity contribution is 5.67. The van der Waals surface area contributed by atoms with Gasteiger partial charge in [0.15, 0.2) is 0 Å². The van der Waals surface area contributed by atoms with Crippen LogP contribution in [0.4, 0.5) is 11.6 Å². The van der Waals surface area contributed by atoms with Gasteiger partial charge in [-0.05, 0) is 29.8 Å². The van der Waals surface area contributed by atoms with Crippen LogP contribution in [-0.2, 0) is 4.74 Å². The van der Waals surface area contributed by atoms with Crippen LogP contribution in [0.2, 0.25) is 0 Å². The molecule has 2 aromatic rings. The Morgan fingerprint density at radius 1 is 1.38 bits per heavy atom. The van der Waals surface area contributed by atoms with Gasteiger partial charge in [-0.25, -0.2) is 9.98 Å². The van der Waals surface area contributed by atoms with Crippen LogP contribution in [0.25, 0.3) is 6.08 Å². The zero-order valence-electron chi connectivity index (χ0n) is 12.8. The van der Waals surface area contributed by atoms with E-state index in [-0.39, 0.29) is 11.9 Å². The van der Waals surface area contributed by atoms with Gasteiger partial charge in [-0.1, -0.05) is 6.07 Å². The van der Waals surface area contributed by atoms with Crippen molar-refractivity contribution >= 4 is 24.1 Å². The molecule has 8 heteroatoms. The molecule has 2 aliphatic heterocycles. The number of rotatable bonds is 3. The molecule has 0 spiro atoms. The summed E-state index contributed by atoms with van der Waals surface area (Å²) >= 11 is 0. The lowest BCUT2D eigenvalue weighted by Gasteiger charge is -2.28. The average Bonchev–Trinajstić information content (AvgIpc) is 3.16. The summed E-state index contributed by atoms with van der Waals surface area (Å²) in [5.41, 5.74) is 1.27. The summed E-state index contributed by atoms with van der Waals surface area (Å²) in [4.78, 5) is 15.3. The molecule has 1 aromatic heterocycles. The van der Waals surface area contributed by atoms with Gasteiger partial charge in [0.25, 0.3) is 0 Å². The number of aliphatic hydroxyl groups is 1. The van der Waals surface area contributed by atoms with Crippen molar-refractivity contribution in [2.24, 2.45) is 9.98 Å². The SMILES string of the molecule is Oc1nc(N[C@@H]2COCC[C@H]2O)[nH]c1/C=c1\ccc2c(c1)N=CN=2. The lowest BCUT2D eigenvalue weighted by molar-refractivity contribution is 0.00294. The van der Waals surface area contributed by atoms with E-state index in [0.717, 1.165) is 16.3 Å². The van der Waals surface area contributed by atoms with Crippen molar-refractivity contribution < 1.29 is 14.9 Å². The van der Waals surface area contributed by atoms with Crippen molar-refractivity contribution in [1.29, 1.82) is 0 Å². The lowest BCUT2D eigenvalue weighted by Crippen LogP contribution is -2.42. The summed E-state index contributed by atoms with van der Waals surface area (Å²) in [6, 6.07) is 5.39. The molecule has 1 saturated heterocycles. The van der Waals surface area contributed by atoms with Gasteiger partial charge in [-0.15, -0.1) is 0 Å². The van der Waals surface area contributed by atoms with Gasteiger partial charge in [0.2, 0.25) is 11.8 Å². The third-order valence-corrected chi connectivity index (χ3v) is 4.06. The number of benzene rings is 1. The number of ether oxygens (including phenoxy) is 1.